The lowest BCUT2D eigenvalue weighted by Gasteiger charge is -2.04. The predicted molar refractivity (Wildman–Crippen MR) is 64.3 cm³/mol. The van der Waals surface area contributed by atoms with E-state index in [4.69, 9.17) is 0 Å². The highest BCUT2D eigenvalue weighted by molar-refractivity contribution is 4.94. The van der Waals surface area contributed by atoms with E-state index in [2.05, 4.69) is 39.8 Å². The topological polar surface area (TPSA) is 0 Å². The average molecular weight is 194 g/mol. The summed E-state index contributed by atoms with van der Waals surface area (Å²) in [5.41, 5.74) is 0. The normalized spacial score (nSPS) is 33.6. The van der Waals surface area contributed by atoms with Crippen LogP contribution in [-0.2, 0) is 0 Å². The maximum Gasteiger partial charge on any atom is -0.0262 e. The third kappa shape index (κ3) is 3.15. The molecule has 0 heterocycles. The smallest absolute Gasteiger partial charge is 0.0262 e. The van der Waals surface area contributed by atoms with E-state index in [0.29, 0.717) is 0 Å². The van der Waals surface area contributed by atoms with E-state index >= 15 is 0 Å². The largest absolute Gasteiger partial charge is 0.0914 e. The molecule has 0 bridgehead atoms. The van der Waals surface area contributed by atoms with E-state index < -0.39 is 0 Å². The fourth-order valence-corrected chi connectivity index (χ4v) is 2.80. The van der Waals surface area contributed by atoms with E-state index in [0.717, 1.165) is 23.7 Å². The van der Waals surface area contributed by atoms with Crippen molar-refractivity contribution < 1.29 is 0 Å². The Hall–Kier alpha value is -0.260. The molecule has 0 radical (unpaired) electrons. The average Bonchev–Trinajstić information content (AvgIpc) is 2.75. The molecule has 4 atom stereocenters. The van der Waals surface area contributed by atoms with Gasteiger partial charge in [-0.15, -0.1) is 0 Å². The van der Waals surface area contributed by atoms with Crippen LogP contribution in [0.25, 0.3) is 0 Å². The highest BCUT2D eigenvalue weighted by atomic mass is 14.5. The van der Waals surface area contributed by atoms with Gasteiger partial charge in [-0.05, 0) is 43.4 Å². The molecule has 1 saturated carbocycles. The molecular formula is C14H26. The summed E-state index contributed by atoms with van der Waals surface area (Å²) in [6, 6.07) is 0. The van der Waals surface area contributed by atoms with E-state index in [9.17, 15) is 0 Å². The molecule has 0 aromatic heterocycles. The highest BCUT2D eigenvalue weighted by Crippen LogP contribution is 2.51. The van der Waals surface area contributed by atoms with Crippen LogP contribution in [0.5, 0.6) is 0 Å². The third-order valence-electron chi connectivity index (χ3n) is 3.86. The van der Waals surface area contributed by atoms with Crippen molar-refractivity contribution in [2.75, 3.05) is 0 Å². The first-order valence-electron chi connectivity index (χ1n) is 6.33. The number of rotatable bonds is 6. The Morgan fingerprint density at radius 2 is 1.86 bits per heavy atom. The van der Waals surface area contributed by atoms with Gasteiger partial charge in [0.2, 0.25) is 0 Å². The molecule has 1 rings (SSSR count). The Morgan fingerprint density at radius 3 is 2.43 bits per heavy atom. The van der Waals surface area contributed by atoms with Crippen LogP contribution in [-0.4, -0.2) is 0 Å². The maximum atomic E-state index is 2.44. The van der Waals surface area contributed by atoms with Gasteiger partial charge in [0.15, 0.2) is 0 Å². The summed E-state index contributed by atoms with van der Waals surface area (Å²) >= 11 is 0. The van der Waals surface area contributed by atoms with E-state index in [1.165, 1.54) is 25.7 Å². The molecule has 0 heteroatoms. The molecule has 0 aromatic carbocycles. The maximum absolute atomic E-state index is 2.44. The van der Waals surface area contributed by atoms with Crippen molar-refractivity contribution in [3.05, 3.63) is 12.2 Å². The van der Waals surface area contributed by atoms with Crippen LogP contribution in [0.15, 0.2) is 12.2 Å². The summed E-state index contributed by atoms with van der Waals surface area (Å²) < 4.78 is 0. The number of allylic oxidation sites excluding steroid dienone is 2. The molecule has 0 spiro atoms. The Bertz CT molecular complexity index is 180. The molecule has 4 unspecified atom stereocenters. The van der Waals surface area contributed by atoms with Crippen molar-refractivity contribution in [2.24, 2.45) is 23.7 Å². The zero-order valence-electron chi connectivity index (χ0n) is 10.3. The van der Waals surface area contributed by atoms with Crippen LogP contribution in [0.3, 0.4) is 0 Å². The van der Waals surface area contributed by atoms with Gasteiger partial charge in [-0.2, -0.15) is 0 Å². The summed E-state index contributed by atoms with van der Waals surface area (Å²) in [6.07, 6.45) is 10.2. The minimum Gasteiger partial charge on any atom is -0.0914 e. The molecule has 0 N–H and O–H groups in total. The second-order valence-electron chi connectivity index (χ2n) is 5.06. The van der Waals surface area contributed by atoms with E-state index in [1.54, 1.807) is 0 Å². The van der Waals surface area contributed by atoms with Crippen LogP contribution in [0.2, 0.25) is 0 Å². The van der Waals surface area contributed by atoms with Gasteiger partial charge < -0.3 is 0 Å². The third-order valence-corrected chi connectivity index (χ3v) is 3.86. The first kappa shape index (κ1) is 11.8. The first-order valence-corrected chi connectivity index (χ1v) is 6.33. The highest BCUT2D eigenvalue weighted by Gasteiger charge is 2.44. The molecule has 82 valence electrons. The molecular weight excluding hydrogens is 168 g/mol. The Kier molecular flexibility index (Phi) is 4.71. The van der Waals surface area contributed by atoms with Crippen LogP contribution in [0, 0.1) is 23.7 Å². The molecule has 1 fully saturated rings. The predicted octanol–water partition coefficient (Wildman–Crippen LogP) is 4.66. The molecule has 0 nitrogen and oxygen atoms in total. The standard InChI is InChI=1S/C14H26/c1-5-7-11(3)9-10-14-12(4)13(14)8-6-2/h5,7,11-14H,6,8-10H2,1-4H3. The van der Waals surface area contributed by atoms with Crippen LogP contribution < -0.4 is 0 Å². The van der Waals surface area contributed by atoms with Crippen molar-refractivity contribution in [1.29, 1.82) is 0 Å². The van der Waals surface area contributed by atoms with Crippen molar-refractivity contribution in [2.45, 2.75) is 53.4 Å². The van der Waals surface area contributed by atoms with Gasteiger partial charge in [-0.1, -0.05) is 45.8 Å². The second kappa shape index (κ2) is 5.58. The summed E-state index contributed by atoms with van der Waals surface area (Å²) in [5, 5.41) is 0. The summed E-state index contributed by atoms with van der Waals surface area (Å²) in [6.45, 7) is 9.20. The molecule has 0 amide bonds. The first-order chi connectivity index (χ1) is 6.70. The van der Waals surface area contributed by atoms with Crippen LogP contribution in [0.4, 0.5) is 0 Å². The zero-order valence-corrected chi connectivity index (χ0v) is 10.3. The molecule has 14 heavy (non-hydrogen) atoms. The monoisotopic (exact) mass is 194 g/mol. The van der Waals surface area contributed by atoms with Gasteiger partial charge in [0.1, 0.15) is 0 Å². The Balaban J connectivity index is 2.14. The zero-order chi connectivity index (χ0) is 10.6. The lowest BCUT2D eigenvalue weighted by molar-refractivity contribution is 0.526. The van der Waals surface area contributed by atoms with E-state index in [-0.39, 0.29) is 0 Å². The van der Waals surface area contributed by atoms with Gasteiger partial charge in [-0.25, -0.2) is 0 Å². The second-order valence-corrected chi connectivity index (χ2v) is 5.06. The van der Waals surface area contributed by atoms with Crippen LogP contribution in [0.1, 0.15) is 53.4 Å². The van der Waals surface area contributed by atoms with Gasteiger partial charge in [-0.3, -0.25) is 0 Å². The van der Waals surface area contributed by atoms with E-state index in [1.807, 2.05) is 0 Å². The summed E-state index contributed by atoms with van der Waals surface area (Å²) in [7, 11) is 0. The van der Waals surface area contributed by atoms with Gasteiger partial charge in [0.05, 0.1) is 0 Å². The fraction of sp³-hybridized carbons (Fsp3) is 0.857. The Morgan fingerprint density at radius 1 is 1.21 bits per heavy atom. The molecule has 0 aromatic rings. The molecule has 0 saturated heterocycles. The number of hydrogen-bond donors (Lipinski definition) is 0. The molecule has 1 aliphatic rings. The van der Waals surface area contributed by atoms with Crippen molar-refractivity contribution in [3.63, 3.8) is 0 Å². The lowest BCUT2D eigenvalue weighted by Crippen LogP contribution is -1.92. The van der Waals surface area contributed by atoms with Crippen molar-refractivity contribution >= 4 is 0 Å². The van der Waals surface area contributed by atoms with Gasteiger partial charge in [0.25, 0.3) is 0 Å². The summed E-state index contributed by atoms with van der Waals surface area (Å²) in [5.74, 6) is 3.93. The Labute approximate surface area is 89.8 Å². The molecule has 0 aliphatic heterocycles. The van der Waals surface area contributed by atoms with Crippen LogP contribution >= 0.6 is 0 Å². The molecule has 1 aliphatic carbocycles. The summed E-state index contributed by atoms with van der Waals surface area (Å²) in [4.78, 5) is 0. The quantitative estimate of drug-likeness (QED) is 0.539. The SMILES string of the molecule is CC=CC(C)CCC1C(C)C1CCC. The lowest BCUT2D eigenvalue weighted by atomic mass is 10.0. The minimum absolute atomic E-state index is 0.787. The minimum atomic E-state index is 0.787. The number of hydrogen-bond acceptors (Lipinski definition) is 0. The van der Waals surface area contributed by atoms with Crippen molar-refractivity contribution in [1.82, 2.24) is 0 Å². The van der Waals surface area contributed by atoms with Gasteiger partial charge >= 0.3 is 0 Å². The van der Waals surface area contributed by atoms with Gasteiger partial charge in [0, 0.05) is 0 Å². The van der Waals surface area contributed by atoms with Crippen molar-refractivity contribution in [3.8, 4) is 0 Å². The fourth-order valence-electron chi connectivity index (χ4n) is 2.80.